The molecular formula is C13H16N2O2. The predicted octanol–water partition coefficient (Wildman–Crippen LogP) is 1.67. The first-order valence-corrected chi connectivity index (χ1v) is 5.52. The van der Waals surface area contributed by atoms with Crippen LogP contribution in [0.5, 0.6) is 0 Å². The zero-order valence-corrected chi connectivity index (χ0v) is 9.95. The van der Waals surface area contributed by atoms with E-state index in [1.165, 1.54) is 0 Å². The number of aliphatic hydroxyl groups is 1. The molecule has 17 heavy (non-hydrogen) atoms. The quantitative estimate of drug-likeness (QED) is 0.753. The molecule has 0 saturated carbocycles. The lowest BCUT2D eigenvalue weighted by atomic mass is 10.1. The highest BCUT2D eigenvalue weighted by Crippen LogP contribution is 2.15. The van der Waals surface area contributed by atoms with E-state index < -0.39 is 5.54 Å². The lowest BCUT2D eigenvalue weighted by Gasteiger charge is -2.23. The second kappa shape index (κ2) is 4.22. The van der Waals surface area contributed by atoms with Crippen LogP contribution in [0.1, 0.15) is 24.2 Å². The number of hydrogen-bond acceptors (Lipinski definition) is 2. The van der Waals surface area contributed by atoms with E-state index >= 15 is 0 Å². The number of carbonyl (C=O) groups is 1. The number of aromatic amines is 1. The smallest absolute Gasteiger partial charge is 0.251 e. The molecule has 0 saturated heterocycles. The van der Waals surface area contributed by atoms with Crippen LogP contribution in [0.15, 0.2) is 30.5 Å². The summed E-state index contributed by atoms with van der Waals surface area (Å²) in [6.07, 6.45) is 1.84. The zero-order valence-electron chi connectivity index (χ0n) is 9.95. The molecule has 0 bridgehead atoms. The van der Waals surface area contributed by atoms with E-state index in [2.05, 4.69) is 10.3 Å². The molecule has 3 N–H and O–H groups in total. The maximum Gasteiger partial charge on any atom is 0.251 e. The number of nitrogens with one attached hydrogen (secondary N) is 2. The first-order chi connectivity index (χ1) is 8.02. The van der Waals surface area contributed by atoms with Crippen LogP contribution in [-0.4, -0.2) is 28.1 Å². The third-order valence-electron chi connectivity index (χ3n) is 2.66. The molecule has 1 aromatic carbocycles. The summed E-state index contributed by atoms with van der Waals surface area (Å²) in [5.74, 6) is -0.174. The normalized spacial score (nSPS) is 11.7. The summed E-state index contributed by atoms with van der Waals surface area (Å²) in [6.45, 7) is 3.46. The van der Waals surface area contributed by atoms with Crippen molar-refractivity contribution in [1.82, 2.24) is 10.3 Å². The first kappa shape index (κ1) is 11.7. The highest BCUT2D eigenvalue weighted by molar-refractivity contribution is 5.98. The Balaban J connectivity index is 2.24. The average Bonchev–Trinajstić information content (AvgIpc) is 2.75. The number of carbonyl (C=O) groups excluding carboxylic acids is 1. The standard InChI is InChI=1S/C13H16N2O2/c1-13(2,8-16)15-12(17)10-3-4-11-9(7-10)5-6-14-11/h3-7,14,16H,8H2,1-2H3,(H,15,17). The van der Waals surface area contributed by atoms with E-state index in [1.807, 2.05) is 24.4 Å². The molecule has 1 aromatic heterocycles. The molecule has 0 atom stereocenters. The predicted molar refractivity (Wildman–Crippen MR) is 66.9 cm³/mol. The molecule has 0 unspecified atom stereocenters. The van der Waals surface area contributed by atoms with Gasteiger partial charge in [-0.2, -0.15) is 0 Å². The largest absolute Gasteiger partial charge is 0.394 e. The Bertz CT molecular complexity index is 543. The Morgan fingerprint density at radius 3 is 2.88 bits per heavy atom. The van der Waals surface area contributed by atoms with Gasteiger partial charge in [0.15, 0.2) is 0 Å². The summed E-state index contributed by atoms with van der Waals surface area (Å²) in [5.41, 5.74) is 0.992. The van der Waals surface area contributed by atoms with Gasteiger partial charge in [-0.3, -0.25) is 4.79 Å². The second-order valence-corrected chi connectivity index (χ2v) is 4.78. The average molecular weight is 232 g/mol. The number of fused-ring (bicyclic) bond motifs is 1. The molecule has 1 amide bonds. The summed E-state index contributed by atoms with van der Waals surface area (Å²) >= 11 is 0. The third kappa shape index (κ3) is 2.47. The maximum atomic E-state index is 12.0. The lowest BCUT2D eigenvalue weighted by molar-refractivity contribution is 0.0869. The van der Waals surface area contributed by atoms with Crippen LogP contribution < -0.4 is 5.32 Å². The van der Waals surface area contributed by atoms with E-state index in [0.717, 1.165) is 10.9 Å². The first-order valence-electron chi connectivity index (χ1n) is 5.52. The number of aromatic nitrogens is 1. The number of benzene rings is 1. The highest BCUT2D eigenvalue weighted by Gasteiger charge is 2.19. The molecule has 0 fully saturated rings. The van der Waals surface area contributed by atoms with Gasteiger partial charge in [-0.1, -0.05) is 0 Å². The Morgan fingerprint density at radius 2 is 2.18 bits per heavy atom. The molecular weight excluding hydrogens is 216 g/mol. The minimum atomic E-state index is -0.607. The molecule has 2 aromatic rings. The van der Waals surface area contributed by atoms with Crippen molar-refractivity contribution in [3.63, 3.8) is 0 Å². The van der Waals surface area contributed by atoms with Crippen molar-refractivity contribution in [3.8, 4) is 0 Å². The molecule has 2 rings (SSSR count). The summed E-state index contributed by atoms with van der Waals surface area (Å²) in [5, 5.41) is 12.9. The molecule has 0 aliphatic rings. The molecule has 90 valence electrons. The van der Waals surface area contributed by atoms with Crippen molar-refractivity contribution in [2.75, 3.05) is 6.61 Å². The molecule has 4 heteroatoms. The van der Waals surface area contributed by atoms with Crippen LogP contribution in [0.3, 0.4) is 0 Å². The minimum Gasteiger partial charge on any atom is -0.394 e. The van der Waals surface area contributed by atoms with Gasteiger partial charge in [0.1, 0.15) is 0 Å². The molecule has 0 radical (unpaired) electrons. The number of hydrogen-bond donors (Lipinski definition) is 3. The van der Waals surface area contributed by atoms with Crippen LogP contribution in [0.2, 0.25) is 0 Å². The number of H-pyrrole nitrogens is 1. The number of rotatable bonds is 3. The molecule has 0 spiro atoms. The van der Waals surface area contributed by atoms with Gasteiger partial charge in [-0.25, -0.2) is 0 Å². The Kier molecular flexibility index (Phi) is 2.90. The monoisotopic (exact) mass is 232 g/mol. The third-order valence-corrected chi connectivity index (χ3v) is 2.66. The Hall–Kier alpha value is -1.81. The maximum absolute atomic E-state index is 12.0. The van der Waals surface area contributed by atoms with E-state index in [0.29, 0.717) is 5.56 Å². The van der Waals surface area contributed by atoms with Gasteiger partial charge < -0.3 is 15.4 Å². The summed E-state index contributed by atoms with van der Waals surface area (Å²) in [7, 11) is 0. The van der Waals surface area contributed by atoms with E-state index in [9.17, 15) is 4.79 Å². The fourth-order valence-electron chi connectivity index (χ4n) is 1.61. The van der Waals surface area contributed by atoms with Crippen LogP contribution >= 0.6 is 0 Å². The number of amides is 1. The lowest BCUT2D eigenvalue weighted by Crippen LogP contribution is -2.46. The second-order valence-electron chi connectivity index (χ2n) is 4.78. The highest BCUT2D eigenvalue weighted by atomic mass is 16.3. The zero-order chi connectivity index (χ0) is 12.5. The Labute approximate surface area is 99.7 Å². The van der Waals surface area contributed by atoms with E-state index in [1.54, 1.807) is 19.9 Å². The van der Waals surface area contributed by atoms with Crippen LogP contribution in [-0.2, 0) is 0 Å². The van der Waals surface area contributed by atoms with Gasteiger partial charge in [0.25, 0.3) is 5.91 Å². The molecule has 1 heterocycles. The summed E-state index contributed by atoms with van der Waals surface area (Å²) < 4.78 is 0. The van der Waals surface area contributed by atoms with Crippen LogP contribution in [0, 0.1) is 0 Å². The van der Waals surface area contributed by atoms with Gasteiger partial charge in [-0.05, 0) is 38.1 Å². The molecule has 4 nitrogen and oxygen atoms in total. The summed E-state index contributed by atoms with van der Waals surface area (Å²) in [6, 6.07) is 7.38. The Morgan fingerprint density at radius 1 is 1.41 bits per heavy atom. The van der Waals surface area contributed by atoms with Gasteiger partial charge in [0, 0.05) is 22.7 Å². The molecule has 0 aliphatic carbocycles. The SMILES string of the molecule is CC(C)(CO)NC(=O)c1ccc2[nH]ccc2c1. The minimum absolute atomic E-state index is 0.0921. The fourth-order valence-corrected chi connectivity index (χ4v) is 1.61. The van der Waals surface area contributed by atoms with Crippen molar-refractivity contribution >= 4 is 16.8 Å². The van der Waals surface area contributed by atoms with Crippen molar-refractivity contribution in [3.05, 3.63) is 36.0 Å². The fraction of sp³-hybridized carbons (Fsp3) is 0.308. The van der Waals surface area contributed by atoms with E-state index in [4.69, 9.17) is 5.11 Å². The van der Waals surface area contributed by atoms with Gasteiger partial charge in [0.05, 0.1) is 12.1 Å². The van der Waals surface area contributed by atoms with Crippen molar-refractivity contribution < 1.29 is 9.90 Å². The van der Waals surface area contributed by atoms with Crippen molar-refractivity contribution in [2.45, 2.75) is 19.4 Å². The topological polar surface area (TPSA) is 65.1 Å². The van der Waals surface area contributed by atoms with Crippen LogP contribution in [0.4, 0.5) is 0 Å². The van der Waals surface area contributed by atoms with Crippen molar-refractivity contribution in [2.24, 2.45) is 0 Å². The van der Waals surface area contributed by atoms with Crippen molar-refractivity contribution in [1.29, 1.82) is 0 Å². The number of aliphatic hydroxyl groups excluding tert-OH is 1. The van der Waals surface area contributed by atoms with Gasteiger partial charge in [-0.15, -0.1) is 0 Å². The van der Waals surface area contributed by atoms with Crippen LogP contribution in [0.25, 0.3) is 10.9 Å². The summed E-state index contributed by atoms with van der Waals surface area (Å²) in [4.78, 5) is 15.0. The van der Waals surface area contributed by atoms with Gasteiger partial charge in [0.2, 0.25) is 0 Å². The molecule has 0 aliphatic heterocycles. The van der Waals surface area contributed by atoms with E-state index in [-0.39, 0.29) is 12.5 Å². The van der Waals surface area contributed by atoms with Gasteiger partial charge >= 0.3 is 0 Å².